The average Bonchev–Trinajstić information content (AvgIpc) is 3.40. The van der Waals surface area contributed by atoms with E-state index in [4.69, 9.17) is 0 Å². The SMILES string of the molecule is CC(C)C1CN(C(=O)c2cn[nH]c2-c2cccc(F)c2)CCCN1CC1CC1. The fourth-order valence-corrected chi connectivity index (χ4v) is 4.22. The van der Waals surface area contributed by atoms with Crippen LogP contribution in [0.3, 0.4) is 0 Å². The van der Waals surface area contributed by atoms with Gasteiger partial charge in [0.05, 0.1) is 17.5 Å². The van der Waals surface area contributed by atoms with Gasteiger partial charge in [-0.05, 0) is 43.2 Å². The third kappa shape index (κ3) is 4.12. The van der Waals surface area contributed by atoms with Crippen molar-refractivity contribution in [3.8, 4) is 11.3 Å². The summed E-state index contributed by atoms with van der Waals surface area (Å²) in [5.74, 6) is 0.985. The maximum Gasteiger partial charge on any atom is 0.257 e. The molecular weight excluding hydrogens is 355 g/mol. The fraction of sp³-hybridized carbons (Fsp3) is 0.545. The zero-order chi connectivity index (χ0) is 19.7. The Hall–Kier alpha value is -2.21. The molecule has 1 aliphatic carbocycles. The van der Waals surface area contributed by atoms with E-state index in [0.29, 0.717) is 28.8 Å². The van der Waals surface area contributed by atoms with E-state index in [-0.39, 0.29) is 11.7 Å². The maximum absolute atomic E-state index is 13.7. The number of nitrogens with one attached hydrogen (secondary N) is 1. The number of hydrogen-bond donors (Lipinski definition) is 1. The summed E-state index contributed by atoms with van der Waals surface area (Å²) in [4.78, 5) is 17.9. The normalized spacial score (nSPS) is 21.1. The summed E-state index contributed by atoms with van der Waals surface area (Å²) in [6, 6.07) is 6.65. The largest absolute Gasteiger partial charge is 0.337 e. The smallest absolute Gasteiger partial charge is 0.257 e. The van der Waals surface area contributed by atoms with E-state index >= 15 is 0 Å². The van der Waals surface area contributed by atoms with Crippen LogP contribution in [0.5, 0.6) is 0 Å². The molecule has 1 aromatic carbocycles. The molecule has 1 aliphatic heterocycles. The van der Waals surface area contributed by atoms with Crippen molar-refractivity contribution in [2.24, 2.45) is 11.8 Å². The molecular formula is C22H29FN4O. The van der Waals surface area contributed by atoms with Crippen LogP contribution in [0.4, 0.5) is 4.39 Å². The summed E-state index contributed by atoms with van der Waals surface area (Å²) in [6.45, 7) is 8.17. The van der Waals surface area contributed by atoms with Crippen LogP contribution in [0.1, 0.15) is 43.5 Å². The highest BCUT2D eigenvalue weighted by Gasteiger charge is 2.34. The van der Waals surface area contributed by atoms with Crippen molar-refractivity contribution in [1.82, 2.24) is 20.0 Å². The number of rotatable bonds is 5. The van der Waals surface area contributed by atoms with E-state index in [9.17, 15) is 9.18 Å². The van der Waals surface area contributed by atoms with Crippen molar-refractivity contribution in [3.63, 3.8) is 0 Å². The first-order valence-electron chi connectivity index (χ1n) is 10.4. The second kappa shape index (κ2) is 8.03. The Kier molecular flexibility index (Phi) is 5.49. The number of halogens is 1. The Labute approximate surface area is 165 Å². The number of aromatic amines is 1. The van der Waals surface area contributed by atoms with E-state index in [2.05, 4.69) is 28.9 Å². The van der Waals surface area contributed by atoms with Gasteiger partial charge in [-0.1, -0.05) is 26.0 Å². The van der Waals surface area contributed by atoms with Crippen LogP contribution in [-0.2, 0) is 0 Å². The molecule has 6 heteroatoms. The second-order valence-corrected chi connectivity index (χ2v) is 8.52. The summed E-state index contributed by atoms with van der Waals surface area (Å²) in [6.07, 6.45) is 5.24. The molecule has 150 valence electrons. The third-order valence-corrected chi connectivity index (χ3v) is 5.98. The molecule has 2 fully saturated rings. The van der Waals surface area contributed by atoms with Gasteiger partial charge in [0.25, 0.3) is 5.91 Å². The first kappa shape index (κ1) is 19.1. The molecule has 5 nitrogen and oxygen atoms in total. The van der Waals surface area contributed by atoms with E-state index in [1.54, 1.807) is 18.3 Å². The van der Waals surface area contributed by atoms with Crippen molar-refractivity contribution in [3.05, 3.63) is 41.8 Å². The molecule has 28 heavy (non-hydrogen) atoms. The highest BCUT2D eigenvalue weighted by atomic mass is 19.1. The van der Waals surface area contributed by atoms with E-state index < -0.39 is 0 Å². The van der Waals surface area contributed by atoms with Crippen LogP contribution in [0, 0.1) is 17.7 Å². The molecule has 1 amide bonds. The van der Waals surface area contributed by atoms with Crippen LogP contribution in [0.2, 0.25) is 0 Å². The van der Waals surface area contributed by atoms with Gasteiger partial charge < -0.3 is 4.90 Å². The Balaban J connectivity index is 1.55. The van der Waals surface area contributed by atoms with Gasteiger partial charge in [0, 0.05) is 37.8 Å². The Morgan fingerprint density at radius 1 is 1.32 bits per heavy atom. The molecule has 1 unspecified atom stereocenters. The fourth-order valence-electron chi connectivity index (χ4n) is 4.22. The van der Waals surface area contributed by atoms with Gasteiger partial charge in [-0.2, -0.15) is 5.10 Å². The number of H-pyrrole nitrogens is 1. The summed E-state index contributed by atoms with van der Waals surface area (Å²) in [5.41, 5.74) is 1.75. The zero-order valence-electron chi connectivity index (χ0n) is 16.7. The molecule has 2 aromatic rings. The number of carbonyl (C=O) groups excluding carboxylic acids is 1. The molecule has 1 saturated heterocycles. The molecule has 1 saturated carbocycles. The number of hydrogen-bond acceptors (Lipinski definition) is 3. The Morgan fingerprint density at radius 2 is 2.14 bits per heavy atom. The molecule has 0 spiro atoms. The monoisotopic (exact) mass is 384 g/mol. The highest BCUT2D eigenvalue weighted by Crippen LogP contribution is 2.32. The van der Waals surface area contributed by atoms with Crippen LogP contribution in [-0.4, -0.2) is 58.1 Å². The summed E-state index contributed by atoms with van der Waals surface area (Å²) >= 11 is 0. The molecule has 2 aliphatic rings. The predicted octanol–water partition coefficient (Wildman–Crippen LogP) is 3.80. The quantitative estimate of drug-likeness (QED) is 0.853. The standard InChI is InChI=1S/C22H29FN4O/c1-15(2)20-14-27(10-4-9-26(20)13-16-7-8-16)22(28)19-12-24-25-21(19)17-5-3-6-18(23)11-17/h3,5-6,11-12,15-16,20H,4,7-10,13-14H2,1-2H3,(H,24,25). The molecule has 1 N–H and O–H groups in total. The van der Waals surface area contributed by atoms with Gasteiger partial charge in [0.2, 0.25) is 0 Å². The van der Waals surface area contributed by atoms with Gasteiger partial charge in [0.15, 0.2) is 0 Å². The summed E-state index contributed by atoms with van der Waals surface area (Å²) in [7, 11) is 0. The summed E-state index contributed by atoms with van der Waals surface area (Å²) in [5, 5.41) is 6.97. The van der Waals surface area contributed by atoms with Crippen molar-refractivity contribution in [2.75, 3.05) is 26.2 Å². The minimum atomic E-state index is -0.323. The lowest BCUT2D eigenvalue weighted by molar-refractivity contribution is 0.0705. The minimum absolute atomic E-state index is 0.0214. The van der Waals surface area contributed by atoms with E-state index in [1.165, 1.54) is 25.0 Å². The van der Waals surface area contributed by atoms with Gasteiger partial charge >= 0.3 is 0 Å². The van der Waals surface area contributed by atoms with Crippen LogP contribution >= 0.6 is 0 Å². The lowest BCUT2D eigenvalue weighted by Gasteiger charge is -2.34. The number of amides is 1. The minimum Gasteiger partial charge on any atom is -0.337 e. The number of nitrogens with zero attached hydrogens (tertiary/aromatic N) is 3. The van der Waals surface area contributed by atoms with Crippen LogP contribution in [0.25, 0.3) is 11.3 Å². The third-order valence-electron chi connectivity index (χ3n) is 5.98. The zero-order valence-corrected chi connectivity index (χ0v) is 16.7. The molecule has 0 radical (unpaired) electrons. The topological polar surface area (TPSA) is 52.2 Å². The molecule has 1 aromatic heterocycles. The lowest BCUT2D eigenvalue weighted by atomic mass is 10.0. The predicted molar refractivity (Wildman–Crippen MR) is 107 cm³/mol. The first-order valence-corrected chi connectivity index (χ1v) is 10.4. The van der Waals surface area contributed by atoms with Crippen molar-refractivity contribution in [1.29, 1.82) is 0 Å². The van der Waals surface area contributed by atoms with Gasteiger partial charge in [-0.25, -0.2) is 4.39 Å². The Bertz CT molecular complexity index is 829. The maximum atomic E-state index is 13.7. The van der Waals surface area contributed by atoms with E-state index in [0.717, 1.165) is 38.5 Å². The van der Waals surface area contributed by atoms with Crippen molar-refractivity contribution in [2.45, 2.75) is 39.2 Å². The van der Waals surface area contributed by atoms with Gasteiger partial charge in [-0.3, -0.25) is 14.8 Å². The number of aromatic nitrogens is 2. The average molecular weight is 384 g/mol. The number of carbonyl (C=O) groups is 1. The first-order chi connectivity index (χ1) is 13.5. The Morgan fingerprint density at radius 3 is 2.86 bits per heavy atom. The molecule has 1 atom stereocenters. The van der Waals surface area contributed by atoms with Crippen molar-refractivity contribution >= 4 is 5.91 Å². The van der Waals surface area contributed by atoms with Gasteiger partial charge in [-0.15, -0.1) is 0 Å². The highest BCUT2D eigenvalue weighted by molar-refractivity contribution is 5.99. The van der Waals surface area contributed by atoms with Crippen molar-refractivity contribution < 1.29 is 9.18 Å². The van der Waals surface area contributed by atoms with E-state index in [1.807, 2.05) is 4.90 Å². The van der Waals surface area contributed by atoms with Gasteiger partial charge in [0.1, 0.15) is 5.82 Å². The van der Waals surface area contributed by atoms with Crippen LogP contribution < -0.4 is 0 Å². The molecule has 2 heterocycles. The van der Waals surface area contributed by atoms with Crippen LogP contribution in [0.15, 0.2) is 30.5 Å². The molecule has 0 bridgehead atoms. The lowest BCUT2D eigenvalue weighted by Crippen LogP contribution is -2.46. The number of benzene rings is 1. The summed E-state index contributed by atoms with van der Waals surface area (Å²) < 4.78 is 13.7. The second-order valence-electron chi connectivity index (χ2n) is 8.52. The molecule has 4 rings (SSSR count).